The predicted octanol–water partition coefficient (Wildman–Crippen LogP) is 0.0938. The highest BCUT2D eigenvalue weighted by Crippen LogP contribution is 2.32. The topological polar surface area (TPSA) is 165 Å². The van der Waals surface area contributed by atoms with Gasteiger partial charge in [-0.1, -0.05) is 0 Å². The Balaban J connectivity index is 0.000000758. The van der Waals surface area contributed by atoms with E-state index in [2.05, 4.69) is 9.97 Å². The van der Waals surface area contributed by atoms with Gasteiger partial charge < -0.3 is 30.4 Å². The van der Waals surface area contributed by atoms with Gasteiger partial charge in [-0.15, -0.1) is 0 Å². The Morgan fingerprint density at radius 1 is 1.50 bits per heavy atom. The van der Waals surface area contributed by atoms with Gasteiger partial charge in [-0.05, 0) is 35.6 Å². The lowest BCUT2D eigenvalue weighted by molar-refractivity contribution is -0.139. The van der Waals surface area contributed by atoms with Gasteiger partial charge in [0, 0.05) is 12.3 Å². The summed E-state index contributed by atoms with van der Waals surface area (Å²) < 4.78 is 10.9. The van der Waals surface area contributed by atoms with E-state index in [1.54, 1.807) is 25.1 Å². The van der Waals surface area contributed by atoms with E-state index in [0.717, 1.165) is 5.56 Å². The number of carboxylic acids is 1. The van der Waals surface area contributed by atoms with E-state index in [4.69, 9.17) is 30.1 Å². The summed E-state index contributed by atoms with van der Waals surface area (Å²) in [5.41, 5.74) is 7.44. The third-order valence-corrected chi connectivity index (χ3v) is 3.50. The van der Waals surface area contributed by atoms with Crippen LogP contribution in [0.3, 0.4) is 0 Å². The molecule has 0 amide bonds. The van der Waals surface area contributed by atoms with Crippen molar-refractivity contribution in [2.75, 3.05) is 5.73 Å². The van der Waals surface area contributed by atoms with Gasteiger partial charge in [0.1, 0.15) is 5.75 Å². The molecular weight excluding hydrogens is 345 g/mol. The number of nitrogens with zero attached hydrogens (tertiary/aromatic N) is 2. The van der Waals surface area contributed by atoms with E-state index in [-0.39, 0.29) is 24.7 Å². The molecular formula is C15H16BN3O7. The highest BCUT2D eigenvalue weighted by atomic mass is 16.5. The van der Waals surface area contributed by atoms with Crippen molar-refractivity contribution in [1.82, 2.24) is 9.97 Å². The van der Waals surface area contributed by atoms with Crippen LogP contribution in [0.4, 0.5) is 5.95 Å². The summed E-state index contributed by atoms with van der Waals surface area (Å²) in [6.45, 7) is 1.55. The summed E-state index contributed by atoms with van der Waals surface area (Å²) in [4.78, 5) is 27.0. The molecule has 1 aromatic heterocycles. The highest BCUT2D eigenvalue weighted by Gasteiger charge is 2.37. The molecule has 2 heterocycles. The molecule has 136 valence electrons. The van der Waals surface area contributed by atoms with Gasteiger partial charge >= 0.3 is 13.1 Å². The van der Waals surface area contributed by atoms with E-state index in [1.807, 2.05) is 0 Å². The average molecular weight is 361 g/mol. The summed E-state index contributed by atoms with van der Waals surface area (Å²) in [7, 11) is -1.19. The number of aromatic nitrogens is 2. The van der Waals surface area contributed by atoms with E-state index < -0.39 is 19.2 Å². The van der Waals surface area contributed by atoms with Gasteiger partial charge in [-0.3, -0.25) is 9.59 Å². The number of nitrogen functional groups attached to an aromatic ring is 1. The van der Waals surface area contributed by atoms with Crippen LogP contribution in [0.2, 0.25) is 0 Å². The van der Waals surface area contributed by atoms with Crippen LogP contribution in [0.1, 0.15) is 23.7 Å². The summed E-state index contributed by atoms with van der Waals surface area (Å²) in [5.74, 6) is -0.193. The number of carboxylic acid groups (broad SMARTS) is 2. The van der Waals surface area contributed by atoms with Crippen LogP contribution < -0.4 is 15.9 Å². The normalized spacial score (nSPS) is 14.8. The van der Waals surface area contributed by atoms with Crippen molar-refractivity contribution < 1.29 is 34.2 Å². The van der Waals surface area contributed by atoms with Crippen LogP contribution in [0.5, 0.6) is 11.6 Å². The zero-order valence-corrected chi connectivity index (χ0v) is 13.7. The molecule has 11 heteroatoms. The second-order valence-corrected chi connectivity index (χ2v) is 5.28. The number of benzene rings is 1. The maximum Gasteiger partial charge on any atom is 0.492 e. The second-order valence-electron chi connectivity index (χ2n) is 5.28. The molecule has 1 aromatic carbocycles. The number of fused-ring (bicyclic) bond motifs is 1. The van der Waals surface area contributed by atoms with Crippen molar-refractivity contribution in [1.29, 1.82) is 0 Å². The summed E-state index contributed by atoms with van der Waals surface area (Å²) in [6, 6.07) is 4.89. The van der Waals surface area contributed by atoms with E-state index in [1.165, 1.54) is 6.20 Å². The zero-order chi connectivity index (χ0) is 19.3. The van der Waals surface area contributed by atoms with Crippen LogP contribution in [0.25, 0.3) is 0 Å². The maximum absolute atomic E-state index is 10.9. The molecule has 0 saturated heterocycles. The lowest BCUT2D eigenvalue weighted by Gasteiger charge is -2.13. The Morgan fingerprint density at radius 2 is 2.19 bits per heavy atom. The lowest BCUT2D eigenvalue weighted by Crippen LogP contribution is -2.28. The van der Waals surface area contributed by atoms with Gasteiger partial charge in [0.15, 0.2) is 0 Å². The number of hydrogen-bond acceptors (Lipinski definition) is 8. The third-order valence-electron chi connectivity index (χ3n) is 3.50. The molecule has 1 atom stereocenters. The molecule has 0 aliphatic carbocycles. The minimum atomic E-state index is -1.19. The first kappa shape index (κ1) is 19.2. The van der Waals surface area contributed by atoms with Crippen LogP contribution >= 0.6 is 0 Å². The van der Waals surface area contributed by atoms with Gasteiger partial charge in [-0.25, -0.2) is 4.98 Å². The number of ether oxygens (including phenoxy) is 1. The van der Waals surface area contributed by atoms with E-state index in [9.17, 15) is 9.82 Å². The molecule has 0 fully saturated rings. The van der Waals surface area contributed by atoms with Crippen molar-refractivity contribution in [2.45, 2.75) is 19.4 Å². The Bertz CT molecular complexity index is 818. The molecule has 0 saturated carbocycles. The molecule has 0 spiro atoms. The number of anilines is 1. The summed E-state index contributed by atoms with van der Waals surface area (Å²) in [6.07, 6.45) is 0.577. The Morgan fingerprint density at radius 3 is 2.81 bits per heavy atom. The van der Waals surface area contributed by atoms with Crippen LogP contribution in [0.15, 0.2) is 24.4 Å². The van der Waals surface area contributed by atoms with Crippen molar-refractivity contribution >= 4 is 31.0 Å². The quantitative estimate of drug-likeness (QED) is 0.433. The average Bonchev–Trinajstić information content (AvgIpc) is 2.84. The first-order valence-electron chi connectivity index (χ1n) is 7.39. The monoisotopic (exact) mass is 361 g/mol. The smallest absolute Gasteiger partial charge is 0.483 e. The van der Waals surface area contributed by atoms with Crippen LogP contribution in [-0.2, 0) is 14.2 Å². The number of aliphatic carboxylic acids is 1. The van der Waals surface area contributed by atoms with E-state index in [0.29, 0.717) is 16.8 Å². The molecule has 0 bridgehead atoms. The largest absolute Gasteiger partial charge is 0.492 e. The Labute approximate surface area is 148 Å². The molecule has 3 rings (SSSR count). The molecule has 2 aromatic rings. The van der Waals surface area contributed by atoms with Crippen LogP contribution in [0, 0.1) is 6.92 Å². The fraction of sp³-hybridized carbons (Fsp3) is 0.200. The standard InChI is InChI=1S/C14H14BN3O5.CH2O2/c1-7-4-8(22-11-2-3-17-14(16)18-11)5-9-13(7)10(6-12(19)20)23-15(9)21;2-1-3/h2-5,10,21H,6H2,1H3,(H,19,20)(H2,16,17,18);1H,(H,2,3). The van der Waals surface area contributed by atoms with Crippen molar-refractivity contribution in [2.24, 2.45) is 0 Å². The molecule has 5 N–H and O–H groups in total. The van der Waals surface area contributed by atoms with Gasteiger partial charge in [0.25, 0.3) is 6.47 Å². The number of nitrogens with two attached hydrogens (primary N) is 1. The third kappa shape index (κ3) is 4.46. The fourth-order valence-electron chi connectivity index (χ4n) is 2.63. The minimum Gasteiger partial charge on any atom is -0.483 e. The predicted molar refractivity (Wildman–Crippen MR) is 90.1 cm³/mol. The Kier molecular flexibility index (Phi) is 6.09. The van der Waals surface area contributed by atoms with Gasteiger partial charge in [0.05, 0.1) is 12.5 Å². The molecule has 10 nitrogen and oxygen atoms in total. The second kappa shape index (κ2) is 8.27. The molecule has 1 aliphatic rings. The Hall–Kier alpha value is -3.18. The van der Waals surface area contributed by atoms with Gasteiger partial charge in [-0.2, -0.15) is 4.98 Å². The van der Waals surface area contributed by atoms with Gasteiger partial charge in [0.2, 0.25) is 11.8 Å². The molecule has 0 radical (unpaired) electrons. The fourth-order valence-corrected chi connectivity index (χ4v) is 2.63. The zero-order valence-electron chi connectivity index (χ0n) is 13.7. The lowest BCUT2D eigenvalue weighted by atomic mass is 9.77. The summed E-state index contributed by atoms with van der Waals surface area (Å²) in [5, 5.41) is 25.8. The van der Waals surface area contributed by atoms with Crippen molar-refractivity contribution in [3.63, 3.8) is 0 Å². The number of carbonyl (C=O) groups is 2. The molecule has 26 heavy (non-hydrogen) atoms. The maximum atomic E-state index is 10.9. The first-order chi connectivity index (χ1) is 12.3. The number of aryl methyl sites for hydroxylation is 1. The summed E-state index contributed by atoms with van der Waals surface area (Å²) >= 11 is 0. The van der Waals surface area contributed by atoms with Crippen molar-refractivity contribution in [3.05, 3.63) is 35.5 Å². The van der Waals surface area contributed by atoms with E-state index >= 15 is 0 Å². The minimum absolute atomic E-state index is 0.0882. The number of hydrogen-bond donors (Lipinski definition) is 4. The number of rotatable bonds is 4. The first-order valence-corrected chi connectivity index (χ1v) is 7.39. The molecule has 1 unspecified atom stereocenters. The van der Waals surface area contributed by atoms with Crippen molar-refractivity contribution in [3.8, 4) is 11.6 Å². The SMILES string of the molecule is Cc1cc(Oc2ccnc(N)n2)cc2c1C(CC(=O)O)OB2O.O=CO. The highest BCUT2D eigenvalue weighted by molar-refractivity contribution is 6.62. The molecule has 1 aliphatic heterocycles. The van der Waals surface area contributed by atoms with Crippen LogP contribution in [-0.4, -0.2) is 44.8 Å².